The molecule has 5 nitrogen and oxygen atoms in total. The van der Waals surface area contributed by atoms with Gasteiger partial charge in [0.1, 0.15) is 11.8 Å². The zero-order valence-electron chi connectivity index (χ0n) is 13.1. The Kier molecular flexibility index (Phi) is 4.18. The number of nitrogens with two attached hydrogens (primary N) is 1. The first-order valence-corrected chi connectivity index (χ1v) is 7.81. The Bertz CT molecular complexity index is 670. The van der Waals surface area contributed by atoms with Gasteiger partial charge in [-0.1, -0.05) is 0 Å². The molecule has 0 bridgehead atoms. The molecule has 0 amide bonds. The largest absolute Gasteiger partial charge is 0.425 e. The number of carbonyl (C=O) groups is 1. The van der Waals surface area contributed by atoms with Crippen molar-refractivity contribution in [1.29, 1.82) is 0 Å². The Morgan fingerprint density at radius 3 is 2.82 bits per heavy atom. The number of carbonyl (C=O) groups excluding carboxylic acids is 1. The average molecular weight is 301 g/mol. The molecule has 118 valence electrons. The van der Waals surface area contributed by atoms with Crippen LogP contribution in [-0.4, -0.2) is 42.0 Å². The van der Waals surface area contributed by atoms with Gasteiger partial charge in [-0.3, -0.25) is 0 Å². The summed E-state index contributed by atoms with van der Waals surface area (Å²) in [5.74, 6) is 0.712. The molecule has 1 fully saturated rings. The molecule has 1 aromatic carbocycles. The number of aromatic amines is 1. The van der Waals surface area contributed by atoms with Crippen LogP contribution in [0.5, 0.6) is 5.75 Å². The maximum Gasteiger partial charge on any atom is 0.328 e. The Morgan fingerprint density at radius 1 is 1.41 bits per heavy atom. The number of likely N-dealkylation sites (tertiary alicyclic amines) is 1. The SMILES string of the molecule is C[C@H](N)C(=O)Oc1ccc2[nH]cc(C3CCN(C)CC3)c2c1. The summed E-state index contributed by atoms with van der Waals surface area (Å²) in [7, 11) is 2.16. The van der Waals surface area contributed by atoms with Crippen LogP contribution in [0.1, 0.15) is 31.2 Å². The minimum Gasteiger partial charge on any atom is -0.425 e. The van der Waals surface area contributed by atoms with Gasteiger partial charge in [-0.25, -0.2) is 4.79 Å². The van der Waals surface area contributed by atoms with E-state index >= 15 is 0 Å². The van der Waals surface area contributed by atoms with E-state index in [-0.39, 0.29) is 0 Å². The fourth-order valence-corrected chi connectivity index (χ4v) is 3.05. The molecule has 22 heavy (non-hydrogen) atoms. The molecule has 0 spiro atoms. The van der Waals surface area contributed by atoms with E-state index in [1.54, 1.807) is 13.0 Å². The fraction of sp³-hybridized carbons (Fsp3) is 0.471. The van der Waals surface area contributed by atoms with Gasteiger partial charge in [0, 0.05) is 17.1 Å². The second-order valence-corrected chi connectivity index (χ2v) is 6.24. The molecule has 1 atom stereocenters. The minimum atomic E-state index is -0.615. The van der Waals surface area contributed by atoms with E-state index in [9.17, 15) is 4.79 Å². The monoisotopic (exact) mass is 301 g/mol. The minimum absolute atomic E-state index is 0.407. The Balaban J connectivity index is 1.87. The molecule has 0 unspecified atom stereocenters. The predicted molar refractivity (Wildman–Crippen MR) is 87.1 cm³/mol. The number of benzene rings is 1. The number of esters is 1. The lowest BCUT2D eigenvalue weighted by molar-refractivity contribution is -0.135. The van der Waals surface area contributed by atoms with Gasteiger partial charge >= 0.3 is 5.97 Å². The van der Waals surface area contributed by atoms with Gasteiger partial charge in [-0.2, -0.15) is 0 Å². The lowest BCUT2D eigenvalue weighted by Gasteiger charge is -2.28. The van der Waals surface area contributed by atoms with Crippen LogP contribution >= 0.6 is 0 Å². The van der Waals surface area contributed by atoms with E-state index in [0.717, 1.165) is 36.8 Å². The summed E-state index contributed by atoms with van der Waals surface area (Å²) in [4.78, 5) is 17.3. The number of nitrogens with zero attached hydrogens (tertiary/aromatic N) is 1. The van der Waals surface area contributed by atoms with Gasteiger partial charge < -0.3 is 20.4 Å². The quantitative estimate of drug-likeness (QED) is 0.673. The molecule has 3 N–H and O–H groups in total. The van der Waals surface area contributed by atoms with Gasteiger partial charge in [-0.05, 0) is 69.6 Å². The molecule has 0 aliphatic carbocycles. The van der Waals surface area contributed by atoms with Crippen LogP contribution < -0.4 is 10.5 Å². The van der Waals surface area contributed by atoms with Crippen LogP contribution in [0.15, 0.2) is 24.4 Å². The first-order valence-electron chi connectivity index (χ1n) is 7.81. The zero-order chi connectivity index (χ0) is 15.7. The van der Waals surface area contributed by atoms with Gasteiger partial charge in [0.15, 0.2) is 0 Å². The number of aromatic nitrogens is 1. The van der Waals surface area contributed by atoms with E-state index < -0.39 is 12.0 Å². The molecular formula is C17H23N3O2. The third-order valence-electron chi connectivity index (χ3n) is 4.43. The molecular weight excluding hydrogens is 278 g/mol. The van der Waals surface area contributed by atoms with E-state index in [2.05, 4.69) is 23.1 Å². The van der Waals surface area contributed by atoms with Gasteiger partial charge in [0.25, 0.3) is 0 Å². The van der Waals surface area contributed by atoms with Crippen molar-refractivity contribution in [2.75, 3.05) is 20.1 Å². The number of fused-ring (bicyclic) bond motifs is 1. The summed E-state index contributed by atoms with van der Waals surface area (Å²) >= 11 is 0. The van der Waals surface area contributed by atoms with Crippen LogP contribution in [0.3, 0.4) is 0 Å². The Morgan fingerprint density at radius 2 is 2.14 bits per heavy atom. The van der Waals surface area contributed by atoms with Crippen LogP contribution in [0.4, 0.5) is 0 Å². The normalized spacial score (nSPS) is 18.5. The van der Waals surface area contributed by atoms with E-state index in [0.29, 0.717) is 11.7 Å². The van der Waals surface area contributed by atoms with Gasteiger partial charge in [0.05, 0.1) is 0 Å². The van der Waals surface area contributed by atoms with Crippen molar-refractivity contribution in [3.63, 3.8) is 0 Å². The number of hydrogen-bond donors (Lipinski definition) is 2. The van der Waals surface area contributed by atoms with Crippen LogP contribution in [0.2, 0.25) is 0 Å². The van der Waals surface area contributed by atoms with E-state index in [4.69, 9.17) is 10.5 Å². The Hall–Kier alpha value is -1.85. The number of nitrogens with one attached hydrogen (secondary N) is 1. The van der Waals surface area contributed by atoms with Crippen molar-refractivity contribution in [1.82, 2.24) is 9.88 Å². The van der Waals surface area contributed by atoms with E-state index in [1.807, 2.05) is 12.1 Å². The fourth-order valence-electron chi connectivity index (χ4n) is 3.05. The number of rotatable bonds is 3. The highest BCUT2D eigenvalue weighted by Crippen LogP contribution is 2.34. The van der Waals surface area contributed by atoms with Crippen LogP contribution in [-0.2, 0) is 4.79 Å². The first kappa shape index (κ1) is 15.1. The molecule has 2 aromatic rings. The smallest absolute Gasteiger partial charge is 0.328 e. The highest BCUT2D eigenvalue weighted by Gasteiger charge is 2.21. The number of ether oxygens (including phenoxy) is 1. The van der Waals surface area contributed by atoms with Crippen molar-refractivity contribution < 1.29 is 9.53 Å². The third kappa shape index (κ3) is 3.00. The summed E-state index contributed by atoms with van der Waals surface area (Å²) in [6.07, 6.45) is 4.42. The van der Waals surface area contributed by atoms with Crippen molar-refractivity contribution in [3.8, 4) is 5.75 Å². The molecule has 5 heteroatoms. The maximum atomic E-state index is 11.6. The van der Waals surface area contributed by atoms with E-state index in [1.165, 1.54) is 5.56 Å². The summed E-state index contributed by atoms with van der Waals surface area (Å²) in [6.45, 7) is 3.87. The summed E-state index contributed by atoms with van der Waals surface area (Å²) in [5, 5.41) is 1.14. The standard InChI is InChI=1S/C17H23N3O2/c1-11(18)17(21)22-13-3-4-16-14(9-13)15(10-19-16)12-5-7-20(2)8-6-12/h3-4,9-12,19H,5-8,18H2,1-2H3/t11-/m0/s1. The lowest BCUT2D eigenvalue weighted by Crippen LogP contribution is -2.30. The molecule has 2 heterocycles. The van der Waals surface area contributed by atoms with Crippen molar-refractivity contribution in [2.24, 2.45) is 5.73 Å². The van der Waals surface area contributed by atoms with Crippen molar-refractivity contribution in [3.05, 3.63) is 30.0 Å². The lowest BCUT2D eigenvalue weighted by atomic mass is 9.89. The topological polar surface area (TPSA) is 71.4 Å². The molecule has 3 rings (SSSR count). The first-order chi connectivity index (χ1) is 10.5. The maximum absolute atomic E-state index is 11.6. The molecule has 0 radical (unpaired) electrons. The highest BCUT2D eigenvalue weighted by molar-refractivity contribution is 5.86. The Labute approximate surface area is 130 Å². The average Bonchev–Trinajstić information content (AvgIpc) is 2.91. The predicted octanol–water partition coefficient (Wildman–Crippen LogP) is 2.23. The zero-order valence-corrected chi connectivity index (χ0v) is 13.1. The highest BCUT2D eigenvalue weighted by atomic mass is 16.5. The van der Waals surface area contributed by atoms with Crippen molar-refractivity contribution in [2.45, 2.75) is 31.7 Å². The molecule has 1 aliphatic heterocycles. The third-order valence-corrected chi connectivity index (χ3v) is 4.43. The summed E-state index contributed by atoms with van der Waals surface area (Å²) in [5.41, 5.74) is 7.95. The summed E-state index contributed by atoms with van der Waals surface area (Å²) in [6, 6.07) is 5.09. The van der Waals surface area contributed by atoms with Crippen LogP contribution in [0.25, 0.3) is 10.9 Å². The second kappa shape index (κ2) is 6.10. The van der Waals surface area contributed by atoms with Crippen molar-refractivity contribution >= 4 is 16.9 Å². The number of H-pyrrole nitrogens is 1. The summed E-state index contributed by atoms with van der Waals surface area (Å²) < 4.78 is 5.33. The molecule has 1 aliphatic rings. The van der Waals surface area contributed by atoms with Gasteiger partial charge in [0.2, 0.25) is 0 Å². The van der Waals surface area contributed by atoms with Crippen LogP contribution in [0, 0.1) is 0 Å². The number of piperidine rings is 1. The van der Waals surface area contributed by atoms with Gasteiger partial charge in [-0.15, -0.1) is 0 Å². The number of hydrogen-bond acceptors (Lipinski definition) is 4. The second-order valence-electron chi connectivity index (χ2n) is 6.24. The molecule has 1 aromatic heterocycles. The molecule has 0 saturated carbocycles. The molecule has 1 saturated heterocycles.